The fourth-order valence-corrected chi connectivity index (χ4v) is 3.77. The molecule has 1 aliphatic carbocycles. The fraction of sp³-hybridized carbons (Fsp3) is 0.667. The van der Waals surface area contributed by atoms with Crippen LogP contribution in [0.5, 0.6) is 5.75 Å². The molecule has 154 valence electrons. The summed E-state index contributed by atoms with van der Waals surface area (Å²) >= 11 is 0. The molecule has 6 heteroatoms. The highest BCUT2D eigenvalue weighted by molar-refractivity contribution is 14.0. The molecule has 1 saturated carbocycles. The lowest BCUT2D eigenvalue weighted by atomic mass is 9.72. The average Bonchev–Trinajstić information content (AvgIpc) is 2.67. The third kappa shape index (κ3) is 8.25. The van der Waals surface area contributed by atoms with Crippen molar-refractivity contribution in [1.82, 2.24) is 10.6 Å². The number of nitrogens with zero attached hydrogens (tertiary/aromatic N) is 1. The van der Waals surface area contributed by atoms with Gasteiger partial charge in [-0.25, -0.2) is 0 Å². The van der Waals surface area contributed by atoms with Gasteiger partial charge in [-0.3, -0.25) is 4.99 Å². The Bertz CT molecular complexity index is 555. The van der Waals surface area contributed by atoms with Gasteiger partial charge in [-0.2, -0.15) is 0 Å². The first-order valence-electron chi connectivity index (χ1n) is 9.97. The number of ether oxygens (including phenoxy) is 1. The number of aliphatic imine (C=N–C) groups is 1. The molecule has 0 saturated heterocycles. The zero-order valence-electron chi connectivity index (χ0n) is 16.8. The van der Waals surface area contributed by atoms with Crippen LogP contribution in [0.4, 0.5) is 0 Å². The summed E-state index contributed by atoms with van der Waals surface area (Å²) in [5, 5.41) is 16.3. The smallest absolute Gasteiger partial charge is 0.191 e. The maximum absolute atomic E-state index is 9.47. The minimum absolute atomic E-state index is 0. The van der Waals surface area contributed by atoms with Crippen molar-refractivity contribution in [1.29, 1.82) is 0 Å². The van der Waals surface area contributed by atoms with E-state index in [0.29, 0.717) is 0 Å². The first-order valence-corrected chi connectivity index (χ1v) is 9.97. The van der Waals surface area contributed by atoms with Gasteiger partial charge in [0.1, 0.15) is 5.75 Å². The summed E-state index contributed by atoms with van der Waals surface area (Å²) in [6.07, 6.45) is 7.98. The Morgan fingerprint density at radius 1 is 1.22 bits per heavy atom. The summed E-state index contributed by atoms with van der Waals surface area (Å²) in [6, 6.07) is 8.18. The average molecular weight is 489 g/mol. The van der Waals surface area contributed by atoms with Crippen molar-refractivity contribution in [2.24, 2.45) is 10.4 Å². The Hall–Kier alpha value is -1.02. The van der Waals surface area contributed by atoms with Gasteiger partial charge in [-0.15, -0.1) is 24.0 Å². The predicted octanol–water partition coefficient (Wildman–Crippen LogP) is 3.74. The number of halogens is 1. The molecule has 0 bridgehead atoms. The van der Waals surface area contributed by atoms with E-state index in [0.717, 1.165) is 44.2 Å². The monoisotopic (exact) mass is 489 g/mol. The van der Waals surface area contributed by atoms with Gasteiger partial charge >= 0.3 is 0 Å². The molecule has 1 aromatic carbocycles. The van der Waals surface area contributed by atoms with E-state index in [1.54, 1.807) is 7.11 Å². The van der Waals surface area contributed by atoms with Crippen molar-refractivity contribution < 1.29 is 9.84 Å². The van der Waals surface area contributed by atoms with Crippen LogP contribution >= 0.6 is 24.0 Å². The second-order valence-corrected chi connectivity index (χ2v) is 7.26. The number of aliphatic hydroxyl groups is 1. The number of hydrogen-bond donors (Lipinski definition) is 3. The van der Waals surface area contributed by atoms with Crippen LogP contribution in [0.2, 0.25) is 0 Å². The molecule has 0 aromatic heterocycles. The standard InChI is InChI=1S/C21H35N3O2.HI/c1-3-22-20(23-14-10-18-8-7-9-19(16-18)26-2)24-17-21(13-15-25)11-5-4-6-12-21;/h7-9,16,25H,3-6,10-15,17H2,1-2H3,(H2,22,23,24);1H. The molecule has 1 aliphatic rings. The van der Waals surface area contributed by atoms with E-state index in [1.807, 2.05) is 12.1 Å². The number of aliphatic hydroxyl groups excluding tert-OH is 1. The predicted molar refractivity (Wildman–Crippen MR) is 123 cm³/mol. The molecule has 3 N–H and O–H groups in total. The van der Waals surface area contributed by atoms with Gasteiger partial charge < -0.3 is 20.5 Å². The van der Waals surface area contributed by atoms with Crippen LogP contribution in [0.1, 0.15) is 51.0 Å². The minimum Gasteiger partial charge on any atom is -0.497 e. The number of benzene rings is 1. The molecule has 0 aliphatic heterocycles. The molecule has 0 unspecified atom stereocenters. The maximum Gasteiger partial charge on any atom is 0.191 e. The van der Waals surface area contributed by atoms with Crippen LogP contribution in [0, 0.1) is 5.41 Å². The summed E-state index contributed by atoms with van der Waals surface area (Å²) in [7, 11) is 1.70. The lowest BCUT2D eigenvalue weighted by Gasteiger charge is -2.35. The molecule has 5 nitrogen and oxygen atoms in total. The summed E-state index contributed by atoms with van der Waals surface area (Å²) in [5.41, 5.74) is 1.43. The van der Waals surface area contributed by atoms with E-state index >= 15 is 0 Å². The van der Waals surface area contributed by atoms with Crippen molar-refractivity contribution >= 4 is 29.9 Å². The number of nitrogens with one attached hydrogen (secondary N) is 2. The van der Waals surface area contributed by atoms with Gasteiger partial charge in [0.2, 0.25) is 0 Å². The number of guanidine groups is 1. The Morgan fingerprint density at radius 3 is 2.67 bits per heavy atom. The quantitative estimate of drug-likeness (QED) is 0.281. The second kappa shape index (κ2) is 13.2. The van der Waals surface area contributed by atoms with Crippen molar-refractivity contribution in [3.05, 3.63) is 29.8 Å². The largest absolute Gasteiger partial charge is 0.497 e. The third-order valence-electron chi connectivity index (χ3n) is 5.31. The van der Waals surface area contributed by atoms with Crippen LogP contribution in [-0.2, 0) is 6.42 Å². The van der Waals surface area contributed by atoms with Crippen LogP contribution in [0.3, 0.4) is 0 Å². The Morgan fingerprint density at radius 2 is 2.00 bits per heavy atom. The summed E-state index contributed by atoms with van der Waals surface area (Å²) in [4.78, 5) is 4.85. The van der Waals surface area contributed by atoms with E-state index in [1.165, 1.54) is 37.7 Å². The van der Waals surface area contributed by atoms with Crippen LogP contribution in [-0.4, -0.2) is 44.4 Å². The van der Waals surface area contributed by atoms with E-state index < -0.39 is 0 Å². The molecule has 0 atom stereocenters. The Kier molecular flexibility index (Phi) is 11.7. The van der Waals surface area contributed by atoms with Gasteiger partial charge in [0.05, 0.1) is 7.11 Å². The lowest BCUT2D eigenvalue weighted by molar-refractivity contribution is 0.137. The lowest BCUT2D eigenvalue weighted by Crippen LogP contribution is -2.40. The highest BCUT2D eigenvalue weighted by Crippen LogP contribution is 2.39. The third-order valence-corrected chi connectivity index (χ3v) is 5.31. The highest BCUT2D eigenvalue weighted by Gasteiger charge is 2.31. The minimum atomic E-state index is 0. The molecule has 0 radical (unpaired) electrons. The zero-order chi connectivity index (χ0) is 18.7. The molecule has 0 heterocycles. The van der Waals surface area contributed by atoms with E-state index in [4.69, 9.17) is 9.73 Å². The van der Waals surface area contributed by atoms with Crippen molar-refractivity contribution in [2.45, 2.75) is 51.9 Å². The van der Waals surface area contributed by atoms with Crippen LogP contribution < -0.4 is 15.4 Å². The van der Waals surface area contributed by atoms with Gasteiger partial charge in [0.15, 0.2) is 5.96 Å². The molecular formula is C21H36IN3O2. The van der Waals surface area contributed by atoms with Crippen molar-refractivity contribution in [3.8, 4) is 5.75 Å². The summed E-state index contributed by atoms with van der Waals surface area (Å²) in [6.45, 7) is 4.81. The van der Waals surface area contributed by atoms with Crippen LogP contribution in [0.15, 0.2) is 29.3 Å². The molecular weight excluding hydrogens is 453 g/mol. The SMILES string of the molecule is CCNC(=NCC1(CCO)CCCCC1)NCCc1cccc(OC)c1.I. The number of methoxy groups -OCH3 is 1. The van der Waals surface area contributed by atoms with Gasteiger partial charge in [0.25, 0.3) is 0 Å². The maximum atomic E-state index is 9.47. The van der Waals surface area contributed by atoms with E-state index in [2.05, 4.69) is 29.7 Å². The molecule has 1 aromatic rings. The zero-order valence-corrected chi connectivity index (χ0v) is 19.1. The van der Waals surface area contributed by atoms with E-state index in [9.17, 15) is 5.11 Å². The second-order valence-electron chi connectivity index (χ2n) is 7.26. The molecule has 2 rings (SSSR count). The van der Waals surface area contributed by atoms with Crippen molar-refractivity contribution in [3.63, 3.8) is 0 Å². The topological polar surface area (TPSA) is 65.9 Å². The molecule has 1 fully saturated rings. The van der Waals surface area contributed by atoms with Gasteiger partial charge in [-0.05, 0) is 55.7 Å². The first kappa shape index (κ1) is 24.0. The van der Waals surface area contributed by atoms with Gasteiger partial charge in [0, 0.05) is 26.2 Å². The normalized spacial score (nSPS) is 16.3. The molecule has 27 heavy (non-hydrogen) atoms. The number of hydrogen-bond acceptors (Lipinski definition) is 3. The number of rotatable bonds is 9. The Balaban J connectivity index is 0.00000364. The molecule has 0 amide bonds. The van der Waals surface area contributed by atoms with Crippen molar-refractivity contribution in [2.75, 3.05) is 33.4 Å². The fourth-order valence-electron chi connectivity index (χ4n) is 3.77. The highest BCUT2D eigenvalue weighted by atomic mass is 127. The van der Waals surface area contributed by atoms with E-state index in [-0.39, 0.29) is 36.0 Å². The summed E-state index contributed by atoms with van der Waals surface area (Å²) < 4.78 is 5.28. The van der Waals surface area contributed by atoms with Crippen LogP contribution in [0.25, 0.3) is 0 Å². The summed E-state index contributed by atoms with van der Waals surface area (Å²) in [5.74, 6) is 1.77. The van der Waals surface area contributed by atoms with Gasteiger partial charge in [-0.1, -0.05) is 31.4 Å². The first-order chi connectivity index (χ1) is 12.7. The molecule has 0 spiro atoms. The Labute approximate surface area is 181 Å².